The molecule has 0 bridgehead atoms. The summed E-state index contributed by atoms with van der Waals surface area (Å²) in [5, 5.41) is 67.3. The topological polar surface area (TPSA) is 121 Å². The number of hydrogen-bond donors (Lipinski definition) is 6. The van der Waals surface area contributed by atoms with E-state index in [2.05, 4.69) is 271 Å². The van der Waals surface area contributed by atoms with Crippen molar-refractivity contribution in [3.8, 4) is 101 Å². The molecular weight excluding hydrogens is 2120 g/mol. The van der Waals surface area contributed by atoms with E-state index in [4.69, 9.17) is 0 Å². The van der Waals surface area contributed by atoms with Crippen molar-refractivity contribution in [1.29, 1.82) is 0 Å². The van der Waals surface area contributed by atoms with Gasteiger partial charge in [0.1, 0.15) is 34.5 Å². The summed E-state index contributed by atoms with van der Waals surface area (Å²) in [6, 6.07) is 23.7. The second kappa shape index (κ2) is 20.4. The molecule has 0 aliphatic heterocycles. The SMILES string of the molecule is Oc1c(I)cc(-c2c(-c3cc(I)c(O)c(I)c3)c(-c3cc(I)c(O)c(I)c3)c(-c3cc(I)c(O)c(I)c3)c(-c3cc(I)c(O)c(I)c3)c2-c2cc(I)c(O)c(I)c2)cc1I. The Morgan fingerprint density at radius 2 is 0.267 bits per heavy atom. The number of aromatic hydroxyl groups is 6. The summed E-state index contributed by atoms with van der Waals surface area (Å²) in [5.74, 6) is 1.01. The monoisotopic (exact) mass is 2140 g/mol. The zero-order valence-electron chi connectivity index (χ0n) is 29.1. The molecule has 0 radical (unpaired) electrons. The van der Waals surface area contributed by atoms with E-state index in [-0.39, 0.29) is 34.5 Å². The van der Waals surface area contributed by atoms with Gasteiger partial charge in [0.05, 0.1) is 42.8 Å². The fourth-order valence-corrected chi connectivity index (χ4v) is 17.3. The standard InChI is InChI=1S/C42H18I12O6/c43-19-1-13(2-20(44)37(19)55)31-32(14-3-21(45)38(56)22(46)4-14)34(16-7-25(49)40(58)26(50)8-16)36(18-11-29(53)42(60)30(54)12-18)35(17-9-27(51)41(59)28(52)10-17)33(31)15-5-23(47)39(57)24(48)6-15/h1-12,55-60H. The molecule has 7 aromatic carbocycles. The Morgan fingerprint density at radius 3 is 0.350 bits per heavy atom. The summed E-state index contributed by atoms with van der Waals surface area (Å²) in [5.41, 5.74) is 9.70. The van der Waals surface area contributed by atoms with Crippen molar-refractivity contribution >= 4 is 271 Å². The van der Waals surface area contributed by atoms with Gasteiger partial charge in [-0.25, -0.2) is 0 Å². The van der Waals surface area contributed by atoms with Crippen molar-refractivity contribution in [2.24, 2.45) is 0 Å². The molecule has 7 aromatic rings. The minimum atomic E-state index is 0.168. The Morgan fingerprint density at radius 1 is 0.183 bits per heavy atom. The highest BCUT2D eigenvalue weighted by atomic mass is 127. The van der Waals surface area contributed by atoms with Gasteiger partial charge in [0, 0.05) is 0 Å². The predicted molar refractivity (Wildman–Crippen MR) is 342 cm³/mol. The molecule has 0 unspecified atom stereocenters. The van der Waals surface area contributed by atoms with Gasteiger partial charge < -0.3 is 30.6 Å². The number of phenolic OH excluding ortho intramolecular Hbond substituents is 6. The molecule has 0 atom stereocenters. The summed E-state index contributed by atoms with van der Waals surface area (Å²) >= 11 is 26.0. The first-order valence-corrected chi connectivity index (χ1v) is 29.5. The molecule has 6 N–H and O–H groups in total. The molecule has 60 heavy (non-hydrogen) atoms. The van der Waals surface area contributed by atoms with E-state index in [1.54, 1.807) is 0 Å². The first-order chi connectivity index (χ1) is 28.2. The average Bonchev–Trinajstić information content (AvgIpc) is 3.18. The van der Waals surface area contributed by atoms with Crippen LogP contribution in [0, 0.1) is 42.8 Å². The quantitative estimate of drug-likeness (QED) is 0.0923. The second-order valence-corrected chi connectivity index (χ2v) is 26.9. The van der Waals surface area contributed by atoms with Crippen LogP contribution in [0.5, 0.6) is 34.5 Å². The van der Waals surface area contributed by atoms with Gasteiger partial charge in [-0.3, -0.25) is 0 Å². The van der Waals surface area contributed by atoms with Gasteiger partial charge in [0.15, 0.2) is 0 Å². The first kappa shape index (κ1) is 50.0. The van der Waals surface area contributed by atoms with Crippen LogP contribution in [0.3, 0.4) is 0 Å². The molecule has 18 heteroatoms. The molecule has 0 aliphatic rings. The molecular formula is C42H18I12O6. The molecule has 0 heterocycles. The largest absolute Gasteiger partial charge is 0.506 e. The smallest absolute Gasteiger partial charge is 0.142 e. The summed E-state index contributed by atoms with van der Waals surface area (Å²) in [6.07, 6.45) is 0. The molecule has 0 aliphatic carbocycles. The fourth-order valence-electron chi connectivity index (χ4n) is 6.74. The Bertz CT molecular complexity index is 2320. The lowest BCUT2D eigenvalue weighted by Gasteiger charge is -2.30. The lowest BCUT2D eigenvalue weighted by Crippen LogP contribution is -2.04. The van der Waals surface area contributed by atoms with Gasteiger partial charge in [-0.15, -0.1) is 0 Å². The van der Waals surface area contributed by atoms with Crippen molar-refractivity contribution in [1.82, 2.24) is 0 Å². The summed E-state index contributed by atoms with van der Waals surface area (Å²) in [7, 11) is 0. The molecule has 0 spiro atoms. The third-order valence-corrected chi connectivity index (χ3v) is 19.2. The van der Waals surface area contributed by atoms with Crippen molar-refractivity contribution in [2.75, 3.05) is 0 Å². The van der Waals surface area contributed by atoms with Crippen molar-refractivity contribution in [3.63, 3.8) is 0 Å². The lowest BCUT2D eigenvalue weighted by molar-refractivity contribution is 0.467. The molecule has 7 rings (SSSR count). The third-order valence-electron chi connectivity index (χ3n) is 9.33. The number of phenols is 6. The van der Waals surface area contributed by atoms with Crippen LogP contribution >= 0.6 is 271 Å². The normalized spacial score (nSPS) is 11.4. The van der Waals surface area contributed by atoms with Crippen LogP contribution in [0.2, 0.25) is 0 Å². The maximum Gasteiger partial charge on any atom is 0.142 e. The number of halogens is 12. The van der Waals surface area contributed by atoms with Gasteiger partial charge in [0.25, 0.3) is 0 Å². The van der Waals surface area contributed by atoms with Gasteiger partial charge in [-0.1, -0.05) is 0 Å². The lowest BCUT2D eigenvalue weighted by atomic mass is 9.74. The first-order valence-electron chi connectivity index (χ1n) is 16.5. The number of rotatable bonds is 6. The van der Waals surface area contributed by atoms with E-state index >= 15 is 0 Å². The van der Waals surface area contributed by atoms with Crippen LogP contribution in [-0.2, 0) is 0 Å². The Labute approximate surface area is 508 Å². The van der Waals surface area contributed by atoms with Gasteiger partial charge in [-0.2, -0.15) is 0 Å². The molecule has 0 saturated heterocycles. The van der Waals surface area contributed by atoms with E-state index in [1.807, 2.05) is 72.8 Å². The van der Waals surface area contributed by atoms with Crippen molar-refractivity contribution in [3.05, 3.63) is 116 Å². The highest BCUT2D eigenvalue weighted by Gasteiger charge is 2.32. The van der Waals surface area contributed by atoms with Gasteiger partial charge in [-0.05, 0) is 411 Å². The van der Waals surface area contributed by atoms with E-state index in [0.717, 1.165) is 66.8 Å². The number of hydrogen-bond acceptors (Lipinski definition) is 6. The second-order valence-electron chi connectivity index (χ2n) is 13.0. The minimum absolute atomic E-state index is 0.168. The highest BCUT2D eigenvalue weighted by molar-refractivity contribution is 14.1. The zero-order valence-corrected chi connectivity index (χ0v) is 55.0. The van der Waals surface area contributed by atoms with E-state index in [1.165, 1.54) is 0 Å². The molecule has 0 fully saturated rings. The number of benzene rings is 7. The molecule has 0 amide bonds. The van der Waals surface area contributed by atoms with Crippen LogP contribution in [0.4, 0.5) is 0 Å². The zero-order chi connectivity index (χ0) is 43.8. The average molecular weight is 2140 g/mol. The van der Waals surface area contributed by atoms with Gasteiger partial charge >= 0.3 is 0 Å². The fraction of sp³-hybridized carbons (Fsp3) is 0. The summed E-state index contributed by atoms with van der Waals surface area (Å²) < 4.78 is 7.76. The van der Waals surface area contributed by atoms with Crippen LogP contribution in [-0.4, -0.2) is 30.6 Å². The van der Waals surface area contributed by atoms with Crippen LogP contribution < -0.4 is 0 Å². The highest BCUT2D eigenvalue weighted by Crippen LogP contribution is 2.58. The van der Waals surface area contributed by atoms with Crippen molar-refractivity contribution in [2.45, 2.75) is 0 Å². The Balaban J connectivity index is 1.96. The van der Waals surface area contributed by atoms with Crippen LogP contribution in [0.15, 0.2) is 72.8 Å². The molecule has 0 aromatic heterocycles. The maximum atomic E-state index is 11.2. The van der Waals surface area contributed by atoms with E-state index < -0.39 is 0 Å². The summed E-state index contributed by atoms with van der Waals surface area (Å²) in [4.78, 5) is 0. The Kier molecular flexibility index (Phi) is 17.0. The molecule has 0 saturated carbocycles. The summed E-state index contributed by atoms with van der Waals surface area (Å²) in [6.45, 7) is 0. The predicted octanol–water partition coefficient (Wildman–Crippen LogP) is 17.2. The van der Waals surface area contributed by atoms with Crippen LogP contribution in [0.1, 0.15) is 0 Å². The maximum absolute atomic E-state index is 11.2. The third kappa shape index (κ3) is 9.83. The minimum Gasteiger partial charge on any atom is -0.506 e. The van der Waals surface area contributed by atoms with Crippen LogP contribution in [0.25, 0.3) is 66.8 Å². The van der Waals surface area contributed by atoms with E-state index in [9.17, 15) is 30.6 Å². The Hall–Kier alpha value is 2.10. The van der Waals surface area contributed by atoms with Gasteiger partial charge in [0.2, 0.25) is 0 Å². The molecule has 6 nitrogen and oxygen atoms in total. The van der Waals surface area contributed by atoms with Crippen molar-refractivity contribution < 1.29 is 30.6 Å². The molecule has 306 valence electrons. The van der Waals surface area contributed by atoms with E-state index in [0.29, 0.717) is 42.8 Å².